The number of fused-ring (bicyclic) bond motifs is 1. The van der Waals surface area contributed by atoms with Crippen LogP contribution in [-0.2, 0) is 6.42 Å². The lowest BCUT2D eigenvalue weighted by Crippen LogP contribution is -2.17. The molecule has 1 aromatic heterocycles. The Kier molecular flexibility index (Phi) is 4.09. The highest BCUT2D eigenvalue weighted by Crippen LogP contribution is 2.33. The molecule has 0 unspecified atom stereocenters. The molecule has 0 saturated heterocycles. The molecule has 2 aromatic rings. The lowest BCUT2D eigenvalue weighted by molar-refractivity contribution is -0.274. The molecule has 0 saturated carbocycles. The lowest BCUT2D eigenvalue weighted by Gasteiger charge is -2.13. The molecule has 0 fully saturated rings. The van der Waals surface area contributed by atoms with E-state index in [0.717, 1.165) is 0 Å². The van der Waals surface area contributed by atoms with Gasteiger partial charge >= 0.3 is 6.36 Å². The second kappa shape index (κ2) is 5.48. The molecule has 0 aliphatic carbocycles. The van der Waals surface area contributed by atoms with E-state index in [-0.39, 0.29) is 11.3 Å². The molecular formula is C14H13ClF3NO. The fraction of sp³-hybridized carbons (Fsp3) is 0.357. The van der Waals surface area contributed by atoms with Gasteiger partial charge in [0.2, 0.25) is 0 Å². The van der Waals surface area contributed by atoms with Crippen molar-refractivity contribution in [2.24, 2.45) is 5.92 Å². The van der Waals surface area contributed by atoms with Gasteiger partial charge in [-0.2, -0.15) is 0 Å². The van der Waals surface area contributed by atoms with Crippen molar-refractivity contribution in [1.82, 2.24) is 4.98 Å². The number of rotatable bonds is 3. The standard InChI is InChI=1S/C14H13ClF3NO/c1-8(2)6-9-7-11(15)10-4-3-5-12(13(10)19-9)20-14(16,17)18/h3-5,7-8H,6H2,1-2H3. The minimum absolute atomic E-state index is 0.132. The highest BCUT2D eigenvalue weighted by molar-refractivity contribution is 6.35. The van der Waals surface area contributed by atoms with Gasteiger partial charge in [-0.15, -0.1) is 13.2 Å². The minimum Gasteiger partial charge on any atom is -0.403 e. The third kappa shape index (κ3) is 3.54. The predicted molar refractivity (Wildman–Crippen MR) is 72.0 cm³/mol. The van der Waals surface area contributed by atoms with Crippen LogP contribution in [0, 0.1) is 5.92 Å². The summed E-state index contributed by atoms with van der Waals surface area (Å²) < 4.78 is 41.2. The zero-order chi connectivity index (χ0) is 14.9. The number of alkyl halides is 3. The molecule has 0 radical (unpaired) electrons. The van der Waals surface area contributed by atoms with E-state index in [9.17, 15) is 13.2 Å². The smallest absolute Gasteiger partial charge is 0.403 e. The van der Waals surface area contributed by atoms with Gasteiger partial charge in [0.15, 0.2) is 5.75 Å². The molecule has 2 nitrogen and oxygen atoms in total. The maximum atomic E-state index is 12.4. The lowest BCUT2D eigenvalue weighted by atomic mass is 10.1. The Morgan fingerprint density at radius 3 is 2.60 bits per heavy atom. The second-order valence-electron chi connectivity index (χ2n) is 4.89. The molecule has 2 rings (SSSR count). The molecule has 1 aromatic carbocycles. The van der Waals surface area contributed by atoms with E-state index in [1.165, 1.54) is 12.1 Å². The van der Waals surface area contributed by atoms with Crippen LogP contribution in [0.25, 0.3) is 10.9 Å². The minimum atomic E-state index is -4.75. The maximum Gasteiger partial charge on any atom is 0.573 e. The number of pyridine rings is 1. The summed E-state index contributed by atoms with van der Waals surface area (Å²) in [6.45, 7) is 4.00. The van der Waals surface area contributed by atoms with Crippen LogP contribution in [0.15, 0.2) is 24.3 Å². The van der Waals surface area contributed by atoms with E-state index >= 15 is 0 Å². The van der Waals surface area contributed by atoms with Gasteiger partial charge in [0.1, 0.15) is 5.52 Å². The van der Waals surface area contributed by atoms with Gasteiger partial charge in [-0.25, -0.2) is 4.98 Å². The normalized spacial score (nSPS) is 12.2. The van der Waals surface area contributed by atoms with Crippen molar-refractivity contribution < 1.29 is 17.9 Å². The first kappa shape index (κ1) is 14.9. The second-order valence-corrected chi connectivity index (χ2v) is 5.30. The molecule has 0 N–H and O–H groups in total. The zero-order valence-corrected chi connectivity index (χ0v) is 11.7. The summed E-state index contributed by atoms with van der Waals surface area (Å²) in [6.07, 6.45) is -4.12. The van der Waals surface area contributed by atoms with Crippen LogP contribution in [-0.4, -0.2) is 11.3 Å². The van der Waals surface area contributed by atoms with E-state index < -0.39 is 6.36 Å². The fourth-order valence-corrected chi connectivity index (χ4v) is 2.24. The van der Waals surface area contributed by atoms with Gasteiger partial charge in [0, 0.05) is 11.1 Å². The van der Waals surface area contributed by atoms with E-state index in [1.54, 1.807) is 12.1 Å². The molecule has 6 heteroatoms. The van der Waals surface area contributed by atoms with E-state index in [0.29, 0.717) is 28.4 Å². The number of hydrogen-bond acceptors (Lipinski definition) is 2. The van der Waals surface area contributed by atoms with Gasteiger partial charge in [-0.3, -0.25) is 0 Å². The van der Waals surface area contributed by atoms with Gasteiger partial charge in [-0.1, -0.05) is 37.6 Å². The summed E-state index contributed by atoms with van der Waals surface area (Å²) in [5.41, 5.74) is 0.781. The van der Waals surface area contributed by atoms with Crippen molar-refractivity contribution in [3.63, 3.8) is 0 Å². The van der Waals surface area contributed by atoms with Crippen LogP contribution in [0.2, 0.25) is 5.02 Å². The van der Waals surface area contributed by atoms with Crippen molar-refractivity contribution in [1.29, 1.82) is 0 Å². The molecule has 108 valence electrons. The Bertz CT molecular complexity index is 626. The molecule has 0 aliphatic heterocycles. The molecule has 0 aliphatic rings. The number of nitrogens with zero attached hydrogens (tertiary/aromatic N) is 1. The number of hydrogen-bond donors (Lipinski definition) is 0. The Labute approximate surface area is 119 Å². The molecule has 0 atom stereocenters. The van der Waals surface area contributed by atoms with Crippen LogP contribution < -0.4 is 4.74 Å². The maximum absolute atomic E-state index is 12.4. The summed E-state index contributed by atoms with van der Waals surface area (Å²) in [7, 11) is 0. The largest absolute Gasteiger partial charge is 0.573 e. The highest BCUT2D eigenvalue weighted by Gasteiger charge is 2.32. The summed E-state index contributed by atoms with van der Waals surface area (Å²) in [5.74, 6) is -0.00535. The van der Waals surface area contributed by atoms with Gasteiger partial charge in [0.05, 0.1) is 5.02 Å². The Morgan fingerprint density at radius 1 is 1.30 bits per heavy atom. The fourth-order valence-electron chi connectivity index (χ4n) is 1.96. The summed E-state index contributed by atoms with van der Waals surface area (Å²) in [5, 5.41) is 0.819. The van der Waals surface area contributed by atoms with Crippen molar-refractivity contribution in [2.75, 3.05) is 0 Å². The van der Waals surface area contributed by atoms with Crippen molar-refractivity contribution in [3.8, 4) is 5.75 Å². The number of benzene rings is 1. The SMILES string of the molecule is CC(C)Cc1cc(Cl)c2cccc(OC(F)(F)F)c2n1. The predicted octanol–water partition coefficient (Wildman–Crippen LogP) is 4.99. The van der Waals surface area contributed by atoms with Crippen molar-refractivity contribution >= 4 is 22.5 Å². The first-order valence-electron chi connectivity index (χ1n) is 6.10. The average Bonchev–Trinajstić information content (AvgIpc) is 2.27. The first-order valence-corrected chi connectivity index (χ1v) is 6.48. The Morgan fingerprint density at radius 2 is 2.00 bits per heavy atom. The van der Waals surface area contributed by atoms with Crippen molar-refractivity contribution in [2.45, 2.75) is 26.6 Å². The number of ether oxygens (including phenoxy) is 1. The molecule has 20 heavy (non-hydrogen) atoms. The summed E-state index contributed by atoms with van der Waals surface area (Å²) in [6, 6.07) is 5.99. The molecule has 0 spiro atoms. The summed E-state index contributed by atoms with van der Waals surface area (Å²) in [4.78, 5) is 4.25. The van der Waals surface area contributed by atoms with Gasteiger partial charge in [-0.05, 0) is 24.5 Å². The van der Waals surface area contributed by atoms with Crippen LogP contribution >= 0.6 is 11.6 Å². The van der Waals surface area contributed by atoms with Gasteiger partial charge < -0.3 is 4.74 Å². The zero-order valence-electron chi connectivity index (χ0n) is 11.0. The number of para-hydroxylation sites is 1. The number of aromatic nitrogens is 1. The van der Waals surface area contributed by atoms with E-state index in [2.05, 4.69) is 9.72 Å². The first-order chi connectivity index (χ1) is 9.26. The quantitative estimate of drug-likeness (QED) is 0.797. The molecule has 1 heterocycles. The highest BCUT2D eigenvalue weighted by atomic mass is 35.5. The monoisotopic (exact) mass is 303 g/mol. The van der Waals surface area contributed by atoms with E-state index in [1.807, 2.05) is 13.8 Å². The summed E-state index contributed by atoms with van der Waals surface area (Å²) >= 11 is 6.11. The van der Waals surface area contributed by atoms with Crippen molar-refractivity contribution in [3.05, 3.63) is 35.0 Å². The van der Waals surface area contributed by atoms with E-state index in [4.69, 9.17) is 11.6 Å². The van der Waals surface area contributed by atoms with Crippen LogP contribution in [0.3, 0.4) is 0 Å². The molecule has 0 bridgehead atoms. The Hall–Kier alpha value is -1.49. The van der Waals surface area contributed by atoms with Crippen LogP contribution in [0.4, 0.5) is 13.2 Å². The van der Waals surface area contributed by atoms with Gasteiger partial charge in [0.25, 0.3) is 0 Å². The third-order valence-corrected chi connectivity index (χ3v) is 2.96. The average molecular weight is 304 g/mol. The van der Waals surface area contributed by atoms with Crippen LogP contribution in [0.1, 0.15) is 19.5 Å². The van der Waals surface area contributed by atoms with Crippen LogP contribution in [0.5, 0.6) is 5.75 Å². The third-order valence-electron chi connectivity index (χ3n) is 2.65. The molecule has 0 amide bonds. The topological polar surface area (TPSA) is 22.1 Å². The number of halogens is 4. The molecular weight excluding hydrogens is 291 g/mol. The Balaban J connectivity index is 2.56.